The number of hydrogen-bond donors (Lipinski definition) is 3. The molecule has 2 amide bonds. The Morgan fingerprint density at radius 3 is 2.29 bits per heavy atom. The monoisotopic (exact) mass is 322 g/mol. The number of carbonyl (C=O) groups is 2. The molecule has 0 aliphatic rings. The third-order valence-corrected chi connectivity index (χ3v) is 3.60. The van der Waals surface area contributed by atoms with Crippen molar-refractivity contribution in [2.75, 3.05) is 0 Å². The van der Waals surface area contributed by atoms with Crippen molar-refractivity contribution in [3.8, 4) is 0 Å². The van der Waals surface area contributed by atoms with Gasteiger partial charge in [0.2, 0.25) is 5.91 Å². The summed E-state index contributed by atoms with van der Waals surface area (Å²) in [5.41, 5.74) is 5.59. The summed E-state index contributed by atoms with van der Waals surface area (Å²) in [6, 6.07) is 14.3. The van der Waals surface area contributed by atoms with Crippen molar-refractivity contribution in [3.63, 3.8) is 0 Å². The van der Waals surface area contributed by atoms with E-state index in [0.717, 1.165) is 0 Å². The SMILES string of the molecule is NC(=O)C(NC(=O)c1n[nH]c(=O)c2ccccc12)c1ccccc1. The first-order chi connectivity index (χ1) is 11.6. The topological polar surface area (TPSA) is 118 Å². The van der Waals surface area contributed by atoms with Crippen LogP contribution < -0.4 is 16.6 Å². The third kappa shape index (κ3) is 2.87. The number of primary amides is 1. The lowest BCUT2D eigenvalue weighted by Gasteiger charge is -2.16. The maximum Gasteiger partial charge on any atom is 0.273 e. The first kappa shape index (κ1) is 15.4. The molecular formula is C17H14N4O3. The molecule has 120 valence electrons. The van der Waals surface area contributed by atoms with Gasteiger partial charge in [-0.2, -0.15) is 5.10 Å². The van der Waals surface area contributed by atoms with E-state index < -0.39 is 23.4 Å². The summed E-state index contributed by atoms with van der Waals surface area (Å²) in [5.74, 6) is -1.29. The fourth-order valence-electron chi connectivity index (χ4n) is 2.45. The molecule has 3 aromatic rings. The minimum absolute atomic E-state index is 0.0207. The Morgan fingerprint density at radius 2 is 1.62 bits per heavy atom. The zero-order valence-electron chi connectivity index (χ0n) is 12.5. The van der Waals surface area contributed by atoms with Crippen LogP contribution in [0.15, 0.2) is 59.4 Å². The molecule has 0 saturated carbocycles. The molecule has 0 spiro atoms. The Bertz CT molecular complexity index is 966. The van der Waals surface area contributed by atoms with E-state index in [9.17, 15) is 14.4 Å². The van der Waals surface area contributed by atoms with Crippen molar-refractivity contribution in [3.05, 3.63) is 76.2 Å². The zero-order valence-corrected chi connectivity index (χ0v) is 12.5. The predicted molar refractivity (Wildman–Crippen MR) is 88.2 cm³/mol. The number of aromatic amines is 1. The molecule has 4 N–H and O–H groups in total. The number of nitrogens with zero attached hydrogens (tertiary/aromatic N) is 1. The van der Waals surface area contributed by atoms with Crippen LogP contribution in [0.2, 0.25) is 0 Å². The summed E-state index contributed by atoms with van der Waals surface area (Å²) in [5, 5.41) is 9.40. The maximum absolute atomic E-state index is 12.6. The molecule has 0 aliphatic heterocycles. The highest BCUT2D eigenvalue weighted by Gasteiger charge is 2.23. The second-order valence-corrected chi connectivity index (χ2v) is 5.17. The van der Waals surface area contributed by atoms with E-state index >= 15 is 0 Å². The quantitative estimate of drug-likeness (QED) is 0.660. The van der Waals surface area contributed by atoms with Gasteiger partial charge in [-0.1, -0.05) is 48.5 Å². The number of H-pyrrole nitrogens is 1. The molecule has 0 radical (unpaired) electrons. The summed E-state index contributed by atoms with van der Waals surface area (Å²) in [6.45, 7) is 0. The first-order valence-electron chi connectivity index (χ1n) is 7.20. The molecular weight excluding hydrogens is 308 g/mol. The highest BCUT2D eigenvalue weighted by atomic mass is 16.2. The molecule has 7 heteroatoms. The summed E-state index contributed by atoms with van der Waals surface area (Å²) in [7, 11) is 0. The summed E-state index contributed by atoms with van der Waals surface area (Å²) in [6.07, 6.45) is 0. The molecule has 1 heterocycles. The highest BCUT2D eigenvalue weighted by Crippen LogP contribution is 2.16. The van der Waals surface area contributed by atoms with Gasteiger partial charge < -0.3 is 11.1 Å². The first-order valence-corrected chi connectivity index (χ1v) is 7.20. The average Bonchev–Trinajstić information content (AvgIpc) is 2.60. The fourth-order valence-corrected chi connectivity index (χ4v) is 2.45. The Kier molecular flexibility index (Phi) is 4.07. The second kappa shape index (κ2) is 6.33. The molecule has 7 nitrogen and oxygen atoms in total. The number of nitrogens with two attached hydrogens (primary N) is 1. The van der Waals surface area contributed by atoms with Gasteiger partial charge in [0, 0.05) is 5.39 Å². The summed E-state index contributed by atoms with van der Waals surface area (Å²) >= 11 is 0. The van der Waals surface area contributed by atoms with E-state index in [-0.39, 0.29) is 5.69 Å². The second-order valence-electron chi connectivity index (χ2n) is 5.17. The Labute approximate surface area is 136 Å². The van der Waals surface area contributed by atoms with E-state index in [1.54, 1.807) is 54.6 Å². The molecule has 3 rings (SSSR count). The number of carbonyl (C=O) groups excluding carboxylic acids is 2. The van der Waals surface area contributed by atoms with Gasteiger partial charge >= 0.3 is 0 Å². The van der Waals surface area contributed by atoms with Gasteiger partial charge in [-0.3, -0.25) is 14.4 Å². The minimum atomic E-state index is -0.994. The lowest BCUT2D eigenvalue weighted by Crippen LogP contribution is -2.38. The predicted octanol–water partition coefficient (Wildman–Crippen LogP) is 0.879. The third-order valence-electron chi connectivity index (χ3n) is 3.60. The van der Waals surface area contributed by atoms with E-state index in [0.29, 0.717) is 16.3 Å². The normalized spacial score (nSPS) is 11.8. The van der Waals surface area contributed by atoms with Gasteiger partial charge in [0.15, 0.2) is 5.69 Å². The van der Waals surface area contributed by atoms with E-state index in [1.807, 2.05) is 0 Å². The van der Waals surface area contributed by atoms with Gasteiger partial charge in [0.25, 0.3) is 11.5 Å². The fraction of sp³-hybridized carbons (Fsp3) is 0.0588. The van der Waals surface area contributed by atoms with Gasteiger partial charge in [-0.15, -0.1) is 0 Å². The van der Waals surface area contributed by atoms with Crippen molar-refractivity contribution in [1.29, 1.82) is 0 Å². The molecule has 1 unspecified atom stereocenters. The van der Waals surface area contributed by atoms with Crippen molar-refractivity contribution < 1.29 is 9.59 Å². The number of nitrogens with one attached hydrogen (secondary N) is 2. The zero-order chi connectivity index (χ0) is 17.1. The van der Waals surface area contributed by atoms with E-state index in [4.69, 9.17) is 5.73 Å². The van der Waals surface area contributed by atoms with Crippen LogP contribution in [0.1, 0.15) is 22.1 Å². The largest absolute Gasteiger partial charge is 0.368 e. The molecule has 1 aromatic heterocycles. The van der Waals surface area contributed by atoms with Crippen LogP contribution in [0.5, 0.6) is 0 Å². The Morgan fingerprint density at radius 1 is 1.00 bits per heavy atom. The summed E-state index contributed by atoms with van der Waals surface area (Å²) in [4.78, 5) is 36.0. The molecule has 0 aliphatic carbocycles. The van der Waals surface area contributed by atoms with Crippen LogP contribution in [-0.2, 0) is 4.79 Å². The smallest absolute Gasteiger partial charge is 0.273 e. The van der Waals surface area contributed by atoms with Crippen molar-refractivity contribution in [2.24, 2.45) is 5.73 Å². The van der Waals surface area contributed by atoms with Crippen molar-refractivity contribution in [2.45, 2.75) is 6.04 Å². The Balaban J connectivity index is 1.99. The maximum atomic E-state index is 12.6. The number of benzene rings is 2. The van der Waals surface area contributed by atoms with Crippen LogP contribution in [0, 0.1) is 0 Å². The average molecular weight is 322 g/mol. The van der Waals surface area contributed by atoms with Crippen LogP contribution in [-0.4, -0.2) is 22.0 Å². The number of hydrogen-bond acceptors (Lipinski definition) is 4. The van der Waals surface area contributed by atoms with Crippen LogP contribution in [0.3, 0.4) is 0 Å². The summed E-state index contributed by atoms with van der Waals surface area (Å²) < 4.78 is 0. The lowest BCUT2D eigenvalue weighted by molar-refractivity contribution is -0.120. The van der Waals surface area contributed by atoms with Crippen molar-refractivity contribution in [1.82, 2.24) is 15.5 Å². The van der Waals surface area contributed by atoms with Crippen LogP contribution >= 0.6 is 0 Å². The molecule has 0 bridgehead atoms. The van der Waals surface area contributed by atoms with E-state index in [2.05, 4.69) is 15.5 Å². The highest BCUT2D eigenvalue weighted by molar-refractivity contribution is 6.06. The van der Waals surface area contributed by atoms with Crippen molar-refractivity contribution >= 4 is 22.6 Å². The van der Waals surface area contributed by atoms with Gasteiger partial charge in [0.1, 0.15) is 6.04 Å². The molecule has 24 heavy (non-hydrogen) atoms. The standard InChI is InChI=1S/C17H14N4O3/c18-15(22)13(10-6-2-1-3-7-10)19-17(24)14-11-8-4-5-9-12(11)16(23)21-20-14/h1-9,13H,(H2,18,22)(H,19,24)(H,21,23). The van der Waals surface area contributed by atoms with Gasteiger partial charge in [-0.05, 0) is 11.6 Å². The van der Waals surface area contributed by atoms with E-state index in [1.165, 1.54) is 0 Å². The Hall–Kier alpha value is -3.48. The number of rotatable bonds is 4. The minimum Gasteiger partial charge on any atom is -0.368 e. The van der Waals surface area contributed by atoms with Gasteiger partial charge in [0.05, 0.1) is 5.39 Å². The molecule has 0 saturated heterocycles. The molecule has 1 atom stereocenters. The van der Waals surface area contributed by atoms with Crippen LogP contribution in [0.25, 0.3) is 10.8 Å². The number of fused-ring (bicyclic) bond motifs is 1. The molecule has 0 fully saturated rings. The lowest BCUT2D eigenvalue weighted by atomic mass is 10.1. The number of aromatic nitrogens is 2. The van der Waals surface area contributed by atoms with Crippen LogP contribution in [0.4, 0.5) is 0 Å². The molecule has 2 aromatic carbocycles. The van der Waals surface area contributed by atoms with Gasteiger partial charge in [-0.25, -0.2) is 5.10 Å². The number of amides is 2.